The molecule has 1 N–H and O–H groups in total. The molecule has 8 heteroatoms. The number of piperidine rings is 1. The zero-order valence-corrected chi connectivity index (χ0v) is 18.3. The third-order valence-corrected chi connectivity index (χ3v) is 6.60. The minimum atomic E-state index is -0.275. The molecule has 0 radical (unpaired) electrons. The monoisotopic (exact) mass is 441 g/mol. The number of hydrogen-bond donors (Lipinski definition) is 1. The number of benzene rings is 1. The van der Waals surface area contributed by atoms with Crippen molar-refractivity contribution in [2.75, 3.05) is 13.1 Å². The molecule has 1 fully saturated rings. The normalized spacial score (nSPS) is 15.9. The molecule has 1 aromatic carbocycles. The number of nitrogens with one attached hydrogen (secondary N) is 1. The summed E-state index contributed by atoms with van der Waals surface area (Å²) in [5.41, 5.74) is 4.59. The van der Waals surface area contributed by atoms with Crippen LogP contribution in [0.5, 0.6) is 0 Å². The Kier molecular flexibility index (Phi) is 4.87. The van der Waals surface area contributed by atoms with Crippen LogP contribution in [0.3, 0.4) is 0 Å². The molecule has 5 aromatic rings. The summed E-state index contributed by atoms with van der Waals surface area (Å²) in [7, 11) is 0. The molecule has 7 nitrogen and oxygen atoms in total. The lowest BCUT2D eigenvalue weighted by molar-refractivity contribution is 0.343. The van der Waals surface area contributed by atoms with Crippen molar-refractivity contribution in [2.45, 2.75) is 31.7 Å². The Bertz CT molecular complexity index is 1450. The summed E-state index contributed by atoms with van der Waals surface area (Å²) >= 11 is 0. The van der Waals surface area contributed by atoms with Crippen LogP contribution < -0.4 is 5.32 Å². The second-order valence-electron chi connectivity index (χ2n) is 8.65. The Balaban J connectivity index is 1.37. The molecule has 0 aliphatic carbocycles. The van der Waals surface area contributed by atoms with Crippen LogP contribution >= 0.6 is 0 Å². The average molecular weight is 442 g/mol. The Morgan fingerprint density at radius 2 is 1.97 bits per heavy atom. The van der Waals surface area contributed by atoms with Crippen LogP contribution in [0.25, 0.3) is 27.8 Å². The number of imidazole rings is 1. The quantitative estimate of drug-likeness (QED) is 0.449. The van der Waals surface area contributed by atoms with E-state index in [1.54, 1.807) is 12.4 Å². The highest BCUT2D eigenvalue weighted by molar-refractivity contribution is 5.79. The van der Waals surface area contributed by atoms with Gasteiger partial charge in [0.05, 0.1) is 35.3 Å². The van der Waals surface area contributed by atoms with E-state index in [4.69, 9.17) is 5.10 Å². The Morgan fingerprint density at radius 3 is 2.85 bits per heavy atom. The first-order chi connectivity index (χ1) is 16.2. The highest BCUT2D eigenvalue weighted by Crippen LogP contribution is 2.30. The van der Waals surface area contributed by atoms with Gasteiger partial charge in [-0.05, 0) is 55.8 Å². The van der Waals surface area contributed by atoms with Gasteiger partial charge in [0.2, 0.25) is 0 Å². The summed E-state index contributed by atoms with van der Waals surface area (Å²) in [5.74, 6) is -0.507. The second-order valence-corrected chi connectivity index (χ2v) is 8.65. The van der Waals surface area contributed by atoms with Gasteiger partial charge in [-0.1, -0.05) is 13.0 Å². The molecule has 1 saturated heterocycles. The molecule has 33 heavy (non-hydrogen) atoms. The van der Waals surface area contributed by atoms with E-state index in [9.17, 15) is 4.39 Å². The topological polar surface area (TPSA) is 72.9 Å². The maximum absolute atomic E-state index is 15.0. The van der Waals surface area contributed by atoms with Crippen molar-refractivity contribution in [3.05, 3.63) is 78.3 Å². The molecule has 1 unspecified atom stereocenters. The van der Waals surface area contributed by atoms with Gasteiger partial charge in [0, 0.05) is 35.3 Å². The maximum atomic E-state index is 15.0. The van der Waals surface area contributed by atoms with Crippen LogP contribution in [0, 0.1) is 5.82 Å². The van der Waals surface area contributed by atoms with E-state index in [1.165, 1.54) is 6.07 Å². The molecular weight excluding hydrogens is 417 g/mol. The molecule has 1 aliphatic rings. The molecule has 0 amide bonds. The van der Waals surface area contributed by atoms with Crippen LogP contribution in [-0.2, 0) is 0 Å². The van der Waals surface area contributed by atoms with E-state index in [0.29, 0.717) is 17.1 Å². The van der Waals surface area contributed by atoms with Gasteiger partial charge in [-0.25, -0.2) is 13.9 Å². The summed E-state index contributed by atoms with van der Waals surface area (Å²) in [6, 6.07) is 11.5. The van der Waals surface area contributed by atoms with Crippen molar-refractivity contribution in [3.63, 3.8) is 0 Å². The van der Waals surface area contributed by atoms with Gasteiger partial charge in [-0.2, -0.15) is 10.2 Å². The number of pyridine rings is 1. The molecule has 0 saturated carbocycles. The Morgan fingerprint density at radius 1 is 1.09 bits per heavy atom. The van der Waals surface area contributed by atoms with Gasteiger partial charge in [0.25, 0.3) is 0 Å². The van der Waals surface area contributed by atoms with Gasteiger partial charge in [0.15, 0.2) is 5.65 Å². The minimum absolute atomic E-state index is 0.232. The number of nitrogens with zero attached hydrogens (tertiary/aromatic N) is 6. The SMILES string of the molecule is CC(c1cc2cccnc2cc1F)c1cnc2ccc(-c3cnn(C4CCNCC4)c3)nn12. The predicted molar refractivity (Wildman–Crippen MR) is 125 cm³/mol. The minimum Gasteiger partial charge on any atom is -0.317 e. The average Bonchev–Trinajstić information content (AvgIpc) is 3.51. The van der Waals surface area contributed by atoms with Crippen molar-refractivity contribution < 1.29 is 4.39 Å². The molecule has 4 aromatic heterocycles. The first kappa shape index (κ1) is 20.0. The molecular formula is C25H24FN7. The third kappa shape index (κ3) is 3.56. The standard InChI is InChI=1S/C25H24FN7/c1-16(20-11-17-3-2-8-28-23(17)12-21(20)26)24-14-29-25-5-4-22(31-33(24)25)18-13-30-32(15-18)19-6-9-27-10-7-19/h2-5,8,11-16,19,27H,6-7,9-10H2,1H3. The predicted octanol–water partition coefficient (Wildman–Crippen LogP) is 4.36. The molecule has 1 aliphatic heterocycles. The number of rotatable bonds is 4. The van der Waals surface area contributed by atoms with E-state index >= 15 is 0 Å². The number of halogens is 1. The van der Waals surface area contributed by atoms with Crippen LogP contribution in [-0.4, -0.2) is 42.5 Å². The number of aromatic nitrogens is 6. The third-order valence-electron chi connectivity index (χ3n) is 6.60. The van der Waals surface area contributed by atoms with Crippen molar-refractivity contribution in [3.8, 4) is 11.3 Å². The van der Waals surface area contributed by atoms with Crippen molar-refractivity contribution >= 4 is 16.6 Å². The summed E-state index contributed by atoms with van der Waals surface area (Å²) in [5, 5.41) is 13.8. The lowest BCUT2D eigenvalue weighted by Crippen LogP contribution is -2.29. The van der Waals surface area contributed by atoms with E-state index in [1.807, 2.05) is 48.0 Å². The van der Waals surface area contributed by atoms with Gasteiger partial charge in [-0.15, -0.1) is 0 Å². The van der Waals surface area contributed by atoms with Crippen LogP contribution in [0.15, 0.2) is 61.2 Å². The smallest absolute Gasteiger partial charge is 0.153 e. The fraction of sp³-hybridized carbons (Fsp3) is 0.280. The zero-order valence-electron chi connectivity index (χ0n) is 18.3. The first-order valence-electron chi connectivity index (χ1n) is 11.3. The Labute approximate surface area is 190 Å². The number of fused-ring (bicyclic) bond motifs is 2. The second kappa shape index (κ2) is 8.04. The lowest BCUT2D eigenvalue weighted by atomic mass is 9.96. The highest BCUT2D eigenvalue weighted by atomic mass is 19.1. The zero-order chi connectivity index (χ0) is 22.4. The lowest BCUT2D eigenvalue weighted by Gasteiger charge is -2.22. The van der Waals surface area contributed by atoms with Gasteiger partial charge in [-0.3, -0.25) is 9.67 Å². The van der Waals surface area contributed by atoms with E-state index in [-0.39, 0.29) is 11.7 Å². The van der Waals surface area contributed by atoms with Crippen molar-refractivity contribution in [1.82, 2.24) is 34.7 Å². The molecule has 1 atom stereocenters. The summed E-state index contributed by atoms with van der Waals surface area (Å²) in [6.07, 6.45) is 9.54. The fourth-order valence-corrected chi connectivity index (χ4v) is 4.69. The van der Waals surface area contributed by atoms with Gasteiger partial charge < -0.3 is 5.32 Å². The number of hydrogen-bond acceptors (Lipinski definition) is 5. The van der Waals surface area contributed by atoms with Crippen LogP contribution in [0.1, 0.15) is 43.0 Å². The molecule has 0 spiro atoms. The van der Waals surface area contributed by atoms with Gasteiger partial charge >= 0.3 is 0 Å². The summed E-state index contributed by atoms with van der Waals surface area (Å²) in [4.78, 5) is 8.76. The molecule has 166 valence electrons. The fourth-order valence-electron chi connectivity index (χ4n) is 4.69. The van der Waals surface area contributed by atoms with Crippen molar-refractivity contribution in [1.29, 1.82) is 0 Å². The van der Waals surface area contributed by atoms with Crippen LogP contribution in [0.2, 0.25) is 0 Å². The summed E-state index contributed by atoms with van der Waals surface area (Å²) < 4.78 is 18.8. The van der Waals surface area contributed by atoms with E-state index in [0.717, 1.165) is 53.9 Å². The maximum Gasteiger partial charge on any atom is 0.153 e. The van der Waals surface area contributed by atoms with Gasteiger partial charge in [0.1, 0.15) is 5.82 Å². The van der Waals surface area contributed by atoms with E-state index < -0.39 is 0 Å². The molecule has 0 bridgehead atoms. The summed E-state index contributed by atoms with van der Waals surface area (Å²) in [6.45, 7) is 4.01. The highest BCUT2D eigenvalue weighted by Gasteiger charge is 2.20. The Hall–Kier alpha value is -3.65. The van der Waals surface area contributed by atoms with E-state index in [2.05, 4.69) is 31.3 Å². The molecule has 5 heterocycles. The van der Waals surface area contributed by atoms with Crippen molar-refractivity contribution in [2.24, 2.45) is 0 Å². The van der Waals surface area contributed by atoms with Crippen LogP contribution in [0.4, 0.5) is 4.39 Å². The largest absolute Gasteiger partial charge is 0.317 e. The molecule has 6 rings (SSSR count). The first-order valence-corrected chi connectivity index (χ1v) is 11.3.